The lowest BCUT2D eigenvalue weighted by molar-refractivity contribution is -0.124. The minimum Gasteiger partial charge on any atom is -0.375 e. The number of benzene rings is 3. The minimum atomic E-state index is -0.841. The van der Waals surface area contributed by atoms with E-state index >= 15 is 0 Å². The van der Waals surface area contributed by atoms with Crippen molar-refractivity contribution in [1.82, 2.24) is 4.90 Å². The summed E-state index contributed by atoms with van der Waals surface area (Å²) in [5, 5.41) is 0. The topological polar surface area (TPSA) is 55.6 Å². The number of hydrogen-bond donors (Lipinski definition) is 1. The number of carbonyl (C=O) groups is 1. The van der Waals surface area contributed by atoms with E-state index in [9.17, 15) is 4.79 Å². The van der Waals surface area contributed by atoms with Crippen LogP contribution in [-0.4, -0.2) is 37.0 Å². The summed E-state index contributed by atoms with van der Waals surface area (Å²) in [6.45, 7) is 3.98. The second-order valence-corrected chi connectivity index (χ2v) is 8.58. The van der Waals surface area contributed by atoms with Crippen molar-refractivity contribution in [2.24, 2.45) is 11.7 Å². The maximum absolute atomic E-state index is 13.2. The maximum Gasteiger partial charge on any atom is 0.232 e. The van der Waals surface area contributed by atoms with Crippen LogP contribution in [0.2, 0.25) is 0 Å². The predicted molar refractivity (Wildman–Crippen MR) is 128 cm³/mol. The molecule has 0 aliphatic carbocycles. The molecule has 4 heteroatoms. The van der Waals surface area contributed by atoms with Crippen LogP contribution in [0.5, 0.6) is 0 Å². The molecule has 3 aromatic carbocycles. The molecule has 4 nitrogen and oxygen atoms in total. The lowest BCUT2D eigenvalue weighted by Gasteiger charge is -2.44. The Morgan fingerprint density at radius 3 is 2.03 bits per heavy atom. The van der Waals surface area contributed by atoms with Crippen LogP contribution in [0.15, 0.2) is 91.0 Å². The number of primary amides is 1. The number of nitrogens with two attached hydrogens (primary N) is 1. The Bertz CT molecular complexity index is 937. The number of carbonyl (C=O) groups excluding carboxylic acids is 1. The standard InChI is InChI=1S/C28H32N2O2/c29-27(31)28(24-13-6-2-7-14-24,25-15-8-3-9-16-25)26-17-10-18-30(21-26)19-20-32-22-23-11-4-1-5-12-23/h1-9,11-16,26H,10,17-22H2,(H2,29,31)/t26-/m0/s1. The van der Waals surface area contributed by atoms with Gasteiger partial charge < -0.3 is 15.4 Å². The molecule has 1 saturated heterocycles. The van der Waals surface area contributed by atoms with Crippen molar-refractivity contribution in [2.45, 2.75) is 24.9 Å². The van der Waals surface area contributed by atoms with Gasteiger partial charge in [-0.2, -0.15) is 0 Å². The molecule has 1 amide bonds. The van der Waals surface area contributed by atoms with Gasteiger partial charge in [-0.1, -0.05) is 91.0 Å². The molecule has 1 atom stereocenters. The summed E-state index contributed by atoms with van der Waals surface area (Å²) < 4.78 is 5.93. The molecule has 1 aliphatic rings. The molecule has 2 N–H and O–H groups in total. The number of ether oxygens (including phenoxy) is 1. The highest BCUT2D eigenvalue weighted by atomic mass is 16.5. The van der Waals surface area contributed by atoms with Crippen LogP contribution in [0.3, 0.4) is 0 Å². The van der Waals surface area contributed by atoms with E-state index in [1.807, 2.05) is 78.9 Å². The van der Waals surface area contributed by atoms with Crippen molar-refractivity contribution in [3.05, 3.63) is 108 Å². The van der Waals surface area contributed by atoms with Gasteiger partial charge in [-0.25, -0.2) is 0 Å². The Morgan fingerprint density at radius 2 is 1.47 bits per heavy atom. The monoisotopic (exact) mass is 428 g/mol. The lowest BCUT2D eigenvalue weighted by Crippen LogP contribution is -2.54. The third-order valence-corrected chi connectivity index (χ3v) is 6.63. The minimum absolute atomic E-state index is 0.104. The van der Waals surface area contributed by atoms with E-state index < -0.39 is 5.41 Å². The maximum atomic E-state index is 13.2. The average Bonchev–Trinajstić information content (AvgIpc) is 2.84. The van der Waals surface area contributed by atoms with E-state index in [1.54, 1.807) is 0 Å². The first kappa shape index (κ1) is 22.3. The van der Waals surface area contributed by atoms with Gasteiger partial charge in [0.15, 0.2) is 0 Å². The molecular weight excluding hydrogens is 396 g/mol. The Balaban J connectivity index is 1.52. The van der Waals surface area contributed by atoms with Crippen LogP contribution in [0.4, 0.5) is 0 Å². The van der Waals surface area contributed by atoms with Gasteiger partial charge in [-0.3, -0.25) is 4.79 Å². The Labute approximate surface area is 191 Å². The summed E-state index contributed by atoms with van der Waals surface area (Å²) in [4.78, 5) is 15.6. The van der Waals surface area contributed by atoms with Crippen LogP contribution in [0.25, 0.3) is 0 Å². The summed E-state index contributed by atoms with van der Waals surface area (Å²) in [6.07, 6.45) is 2.01. The van der Waals surface area contributed by atoms with Crippen molar-refractivity contribution in [3.63, 3.8) is 0 Å². The molecule has 166 valence electrons. The van der Waals surface area contributed by atoms with E-state index in [2.05, 4.69) is 17.0 Å². The van der Waals surface area contributed by atoms with Crippen molar-refractivity contribution in [1.29, 1.82) is 0 Å². The fraction of sp³-hybridized carbons (Fsp3) is 0.321. The van der Waals surface area contributed by atoms with Crippen LogP contribution in [-0.2, 0) is 21.6 Å². The van der Waals surface area contributed by atoms with Crippen LogP contribution in [0.1, 0.15) is 29.5 Å². The molecule has 1 heterocycles. The number of nitrogens with zero attached hydrogens (tertiary/aromatic N) is 1. The Hall–Kier alpha value is -2.95. The quantitative estimate of drug-likeness (QED) is 0.515. The van der Waals surface area contributed by atoms with Crippen molar-refractivity contribution >= 4 is 5.91 Å². The average molecular weight is 429 g/mol. The summed E-state index contributed by atoms with van der Waals surface area (Å²) >= 11 is 0. The molecule has 1 fully saturated rings. The lowest BCUT2D eigenvalue weighted by atomic mass is 9.63. The first-order valence-corrected chi connectivity index (χ1v) is 11.5. The molecule has 0 unspecified atom stereocenters. The number of piperidine rings is 1. The highest BCUT2D eigenvalue weighted by molar-refractivity contribution is 5.91. The number of hydrogen-bond acceptors (Lipinski definition) is 3. The molecule has 0 aromatic heterocycles. The van der Waals surface area contributed by atoms with Gasteiger partial charge >= 0.3 is 0 Å². The van der Waals surface area contributed by atoms with E-state index in [4.69, 9.17) is 10.5 Å². The molecule has 0 saturated carbocycles. The molecule has 4 rings (SSSR count). The smallest absolute Gasteiger partial charge is 0.232 e. The molecular formula is C28H32N2O2. The van der Waals surface area contributed by atoms with Crippen molar-refractivity contribution < 1.29 is 9.53 Å². The van der Waals surface area contributed by atoms with Gasteiger partial charge in [-0.05, 0) is 42.0 Å². The van der Waals surface area contributed by atoms with Gasteiger partial charge in [0.2, 0.25) is 5.91 Å². The molecule has 1 aliphatic heterocycles. The fourth-order valence-corrected chi connectivity index (χ4v) is 5.10. The molecule has 32 heavy (non-hydrogen) atoms. The first-order valence-electron chi connectivity index (χ1n) is 11.5. The van der Waals surface area contributed by atoms with E-state index in [0.717, 1.165) is 43.6 Å². The van der Waals surface area contributed by atoms with E-state index in [-0.39, 0.29) is 11.8 Å². The Morgan fingerprint density at radius 1 is 0.906 bits per heavy atom. The van der Waals surface area contributed by atoms with Crippen LogP contribution in [0, 0.1) is 5.92 Å². The predicted octanol–water partition coefficient (Wildman–Crippen LogP) is 4.39. The third-order valence-electron chi connectivity index (χ3n) is 6.63. The van der Waals surface area contributed by atoms with Gasteiger partial charge in [-0.15, -0.1) is 0 Å². The second-order valence-electron chi connectivity index (χ2n) is 8.58. The van der Waals surface area contributed by atoms with E-state index in [0.29, 0.717) is 13.2 Å². The normalized spacial score (nSPS) is 17.2. The molecule has 0 spiro atoms. The van der Waals surface area contributed by atoms with Crippen LogP contribution < -0.4 is 5.73 Å². The van der Waals surface area contributed by atoms with E-state index in [1.165, 1.54) is 5.56 Å². The van der Waals surface area contributed by atoms with Gasteiger partial charge in [0.1, 0.15) is 5.41 Å². The van der Waals surface area contributed by atoms with Gasteiger partial charge in [0.25, 0.3) is 0 Å². The number of rotatable bonds is 9. The van der Waals surface area contributed by atoms with Crippen LogP contribution >= 0.6 is 0 Å². The zero-order valence-corrected chi connectivity index (χ0v) is 18.5. The summed E-state index contributed by atoms with van der Waals surface area (Å²) in [6, 6.07) is 30.4. The summed E-state index contributed by atoms with van der Waals surface area (Å²) in [7, 11) is 0. The number of likely N-dealkylation sites (tertiary alicyclic amines) is 1. The van der Waals surface area contributed by atoms with Gasteiger partial charge in [0, 0.05) is 13.1 Å². The van der Waals surface area contributed by atoms with Gasteiger partial charge in [0.05, 0.1) is 13.2 Å². The summed E-state index contributed by atoms with van der Waals surface area (Å²) in [5.74, 6) is -0.172. The molecule has 0 bridgehead atoms. The molecule has 0 radical (unpaired) electrons. The second kappa shape index (κ2) is 10.6. The largest absolute Gasteiger partial charge is 0.375 e. The zero-order valence-electron chi connectivity index (χ0n) is 18.5. The molecule has 3 aromatic rings. The fourth-order valence-electron chi connectivity index (χ4n) is 5.10. The SMILES string of the molecule is NC(=O)C(c1ccccc1)(c1ccccc1)[C@H]1CCCN(CCOCc2ccccc2)C1. The zero-order chi connectivity index (χ0) is 22.2. The Kier molecular flexibility index (Phi) is 7.35. The highest BCUT2D eigenvalue weighted by Crippen LogP contribution is 2.43. The first-order chi connectivity index (χ1) is 15.7. The van der Waals surface area contributed by atoms with Crippen molar-refractivity contribution in [3.8, 4) is 0 Å². The van der Waals surface area contributed by atoms with Crippen molar-refractivity contribution in [2.75, 3.05) is 26.2 Å². The third kappa shape index (κ3) is 4.77. The number of amides is 1. The highest BCUT2D eigenvalue weighted by Gasteiger charge is 2.48. The summed E-state index contributed by atoms with van der Waals surface area (Å²) in [5.41, 5.74) is 8.52.